The molecular formula is C27H33IN2O7. The monoisotopic (exact) mass is 624 g/mol. The van der Waals surface area contributed by atoms with Gasteiger partial charge >= 0.3 is 0 Å². The van der Waals surface area contributed by atoms with Gasteiger partial charge in [0.25, 0.3) is 5.91 Å². The highest BCUT2D eigenvalue weighted by molar-refractivity contribution is 14.1. The molecule has 1 aromatic rings. The average Bonchev–Trinajstić information content (AvgIpc) is 2.78. The molecule has 4 rings (SSSR count). The molecule has 10 heteroatoms. The van der Waals surface area contributed by atoms with Crippen LogP contribution in [0.5, 0.6) is 5.75 Å². The maximum absolute atomic E-state index is 14.3. The van der Waals surface area contributed by atoms with Gasteiger partial charge in [-0.3, -0.25) is 19.3 Å². The molecule has 1 aromatic carbocycles. The predicted octanol–water partition coefficient (Wildman–Crippen LogP) is 2.82. The van der Waals surface area contributed by atoms with E-state index in [9.17, 15) is 29.7 Å². The Morgan fingerprint density at radius 3 is 2.46 bits per heavy atom. The van der Waals surface area contributed by atoms with E-state index in [2.05, 4.69) is 22.6 Å². The highest BCUT2D eigenvalue weighted by Gasteiger charge is 2.72. The lowest BCUT2D eigenvalue weighted by molar-refractivity contribution is -0.176. The summed E-state index contributed by atoms with van der Waals surface area (Å²) in [5.41, 5.74) is 0.558. The Kier molecular flexibility index (Phi) is 6.78. The van der Waals surface area contributed by atoms with Crippen molar-refractivity contribution in [3.8, 4) is 5.75 Å². The van der Waals surface area contributed by atoms with Gasteiger partial charge in [-0.2, -0.15) is 0 Å². The average molecular weight is 624 g/mol. The zero-order chi connectivity index (χ0) is 27.7. The van der Waals surface area contributed by atoms with Crippen molar-refractivity contribution in [3.05, 3.63) is 43.7 Å². The van der Waals surface area contributed by atoms with Crippen LogP contribution in [0.25, 0.3) is 5.76 Å². The minimum Gasteiger partial charge on any atom is -0.508 e. The second-order valence-corrected chi connectivity index (χ2v) is 12.2. The number of halogens is 1. The number of amides is 1. The van der Waals surface area contributed by atoms with Gasteiger partial charge < -0.3 is 25.8 Å². The number of likely N-dealkylation sites (N-methyl/N-ethyl adjacent to an activating group) is 1. The first-order valence-electron chi connectivity index (χ1n) is 12.3. The largest absolute Gasteiger partial charge is 0.508 e. The number of primary amides is 1. The van der Waals surface area contributed by atoms with Gasteiger partial charge in [0, 0.05) is 20.0 Å². The van der Waals surface area contributed by atoms with Crippen molar-refractivity contribution in [2.24, 2.45) is 16.6 Å². The van der Waals surface area contributed by atoms with Crippen molar-refractivity contribution >= 4 is 45.8 Å². The number of hydrogen-bond acceptors (Lipinski definition) is 8. The number of rotatable bonds is 6. The maximum Gasteiger partial charge on any atom is 0.255 e. The van der Waals surface area contributed by atoms with Gasteiger partial charge in [0.1, 0.15) is 22.8 Å². The molecule has 4 atom stereocenters. The smallest absolute Gasteiger partial charge is 0.255 e. The zero-order valence-electron chi connectivity index (χ0n) is 21.6. The molecule has 0 aliphatic heterocycles. The minimum atomic E-state index is -2.66. The summed E-state index contributed by atoms with van der Waals surface area (Å²) in [5, 5.41) is 34.8. The summed E-state index contributed by atoms with van der Waals surface area (Å²) in [6, 6.07) is 2.50. The van der Waals surface area contributed by atoms with Gasteiger partial charge in [-0.25, -0.2) is 0 Å². The molecular weight excluding hydrogens is 591 g/mol. The summed E-state index contributed by atoms with van der Waals surface area (Å²) in [5.74, 6) is -3.92. The van der Waals surface area contributed by atoms with Crippen LogP contribution in [-0.4, -0.2) is 70.0 Å². The number of hydrogen-bond donors (Lipinski definition) is 4. The highest BCUT2D eigenvalue weighted by atomic mass is 127. The third-order valence-electron chi connectivity index (χ3n) is 8.20. The number of carbonyl (C=O) groups is 3. The number of unbranched alkanes of at least 4 members (excludes halogenated alkanes) is 1. The normalized spacial score (nSPS) is 31.3. The quantitative estimate of drug-likeness (QED) is 0.215. The summed E-state index contributed by atoms with van der Waals surface area (Å²) in [4.78, 5) is 41.4. The van der Waals surface area contributed by atoms with E-state index in [1.165, 1.54) is 4.90 Å². The summed E-state index contributed by atoms with van der Waals surface area (Å²) in [6.07, 6.45) is 2.12. The van der Waals surface area contributed by atoms with Crippen LogP contribution in [0.1, 0.15) is 51.2 Å². The first-order chi connectivity index (χ1) is 17.2. The van der Waals surface area contributed by atoms with E-state index < -0.39 is 51.3 Å². The number of ketones is 2. The Hall–Kier alpha value is -2.44. The molecule has 0 saturated heterocycles. The fourth-order valence-corrected chi connectivity index (χ4v) is 7.36. The van der Waals surface area contributed by atoms with Crippen molar-refractivity contribution in [1.82, 2.24) is 4.90 Å². The molecule has 5 N–H and O–H groups in total. The van der Waals surface area contributed by atoms with E-state index in [1.54, 1.807) is 27.1 Å². The number of nitrogens with zero attached hydrogens (tertiary/aromatic N) is 1. The molecule has 1 saturated carbocycles. The summed E-state index contributed by atoms with van der Waals surface area (Å²) >= 11 is 2.18. The van der Waals surface area contributed by atoms with Crippen LogP contribution in [0, 0.1) is 14.4 Å². The minimum absolute atomic E-state index is 0.0583. The van der Waals surface area contributed by atoms with E-state index in [0.717, 1.165) is 22.0 Å². The van der Waals surface area contributed by atoms with Gasteiger partial charge in [0.15, 0.2) is 11.4 Å². The van der Waals surface area contributed by atoms with Crippen LogP contribution >= 0.6 is 22.6 Å². The Morgan fingerprint density at radius 1 is 1.24 bits per heavy atom. The number of fused-ring (bicyclic) bond motifs is 3. The number of benzene rings is 1. The SMILES string of the molecule is CCCCOc1ccc(I)c2c1C(O)=C1C(=O)[C@]3(O)C(O)=C(C(N)=O)C(=O)[C@@H](N(C)C)[C@]3(C)C[C@]1(C)C2. The molecule has 0 unspecified atom stereocenters. The summed E-state index contributed by atoms with van der Waals surface area (Å²) < 4.78 is 6.84. The van der Waals surface area contributed by atoms with E-state index in [0.29, 0.717) is 24.3 Å². The van der Waals surface area contributed by atoms with Crippen LogP contribution in [-0.2, 0) is 20.8 Å². The van der Waals surface area contributed by atoms with E-state index in [4.69, 9.17) is 10.5 Å². The molecule has 0 heterocycles. The van der Waals surface area contributed by atoms with Crippen molar-refractivity contribution in [2.45, 2.75) is 58.1 Å². The topological polar surface area (TPSA) is 150 Å². The van der Waals surface area contributed by atoms with Gasteiger partial charge in [0.05, 0.1) is 18.2 Å². The number of aliphatic hydroxyl groups excluding tert-OH is 2. The molecule has 0 radical (unpaired) electrons. The first-order valence-corrected chi connectivity index (χ1v) is 13.3. The van der Waals surface area contributed by atoms with E-state index >= 15 is 0 Å². The van der Waals surface area contributed by atoms with Crippen molar-refractivity contribution in [3.63, 3.8) is 0 Å². The summed E-state index contributed by atoms with van der Waals surface area (Å²) in [6.45, 7) is 5.83. The molecule has 200 valence electrons. The van der Waals surface area contributed by atoms with Crippen LogP contribution < -0.4 is 10.5 Å². The number of Topliss-reactive ketones (excluding diaryl/α,β-unsaturated/α-hetero) is 2. The Bertz CT molecular complexity index is 1290. The lowest BCUT2D eigenvalue weighted by Gasteiger charge is -2.59. The lowest BCUT2D eigenvalue weighted by Crippen LogP contribution is -2.72. The van der Waals surface area contributed by atoms with Crippen LogP contribution in [0.3, 0.4) is 0 Å². The standard InChI is InChI=1S/C27H33IN2O7/c1-6-7-10-37-15-9-8-14(28)13-11-25(2)12-26(3)21(30(4)5)20(32)17(24(29)35)22(33)27(26,36)23(34)18(25)19(31)16(13)15/h8-9,21,31,33,36H,6-7,10-12H2,1-5H3,(H2,29,35)/t21-,25+,26+,27-/m1/s1. The molecule has 9 nitrogen and oxygen atoms in total. The zero-order valence-corrected chi connectivity index (χ0v) is 23.8. The van der Waals surface area contributed by atoms with Gasteiger partial charge in [-0.15, -0.1) is 0 Å². The Labute approximate surface area is 229 Å². The van der Waals surface area contributed by atoms with Gasteiger partial charge in [0.2, 0.25) is 5.78 Å². The van der Waals surface area contributed by atoms with Gasteiger partial charge in [-0.05, 0) is 73.6 Å². The van der Waals surface area contributed by atoms with Crippen molar-refractivity contribution in [1.29, 1.82) is 0 Å². The van der Waals surface area contributed by atoms with Crippen molar-refractivity contribution < 1.29 is 34.4 Å². The maximum atomic E-state index is 14.3. The molecule has 3 aliphatic rings. The van der Waals surface area contributed by atoms with Crippen LogP contribution in [0.2, 0.25) is 0 Å². The number of nitrogens with two attached hydrogens (primary N) is 1. The number of ether oxygens (including phenoxy) is 1. The third kappa shape index (κ3) is 3.66. The number of aliphatic hydroxyl groups is 3. The Morgan fingerprint density at radius 2 is 1.89 bits per heavy atom. The molecule has 1 fully saturated rings. The first kappa shape index (κ1) is 27.6. The van der Waals surface area contributed by atoms with E-state index in [1.807, 2.05) is 19.9 Å². The van der Waals surface area contributed by atoms with Crippen LogP contribution in [0.4, 0.5) is 0 Å². The molecule has 3 aliphatic carbocycles. The summed E-state index contributed by atoms with van der Waals surface area (Å²) in [7, 11) is 3.20. The van der Waals surface area contributed by atoms with E-state index in [-0.39, 0.29) is 17.8 Å². The molecule has 0 bridgehead atoms. The molecule has 1 amide bonds. The van der Waals surface area contributed by atoms with Gasteiger partial charge in [-0.1, -0.05) is 27.2 Å². The molecule has 0 spiro atoms. The fraction of sp³-hybridized carbons (Fsp3) is 0.519. The van der Waals surface area contributed by atoms with Crippen LogP contribution in [0.15, 0.2) is 29.0 Å². The fourth-order valence-electron chi connectivity index (χ4n) is 6.72. The predicted molar refractivity (Wildman–Crippen MR) is 145 cm³/mol. The van der Waals surface area contributed by atoms with Crippen molar-refractivity contribution in [2.75, 3.05) is 20.7 Å². The lowest BCUT2D eigenvalue weighted by atomic mass is 9.46. The number of carbonyl (C=O) groups excluding carboxylic acids is 3. The highest BCUT2D eigenvalue weighted by Crippen LogP contribution is 2.63. The second kappa shape index (κ2) is 9.09. The molecule has 0 aromatic heterocycles. The Balaban J connectivity index is 2.02. The third-order valence-corrected chi connectivity index (χ3v) is 9.21. The molecule has 37 heavy (non-hydrogen) atoms. The second-order valence-electron chi connectivity index (χ2n) is 11.0.